The lowest BCUT2D eigenvalue weighted by Crippen LogP contribution is -1.86. The lowest BCUT2D eigenvalue weighted by Gasteiger charge is -2.02. The van der Waals surface area contributed by atoms with Gasteiger partial charge in [0, 0.05) is 5.56 Å². The topological polar surface area (TPSA) is 0 Å². The first-order valence-electron chi connectivity index (χ1n) is 5.87. The SMILES string of the molecule is C=CC1CC(=C)/C(=C/c2cc(C)ccc2F)C1. The van der Waals surface area contributed by atoms with Crippen LogP contribution in [-0.2, 0) is 0 Å². The molecule has 0 aromatic heterocycles. The fourth-order valence-corrected chi connectivity index (χ4v) is 2.24. The van der Waals surface area contributed by atoms with Gasteiger partial charge in [0.15, 0.2) is 0 Å². The Labute approximate surface area is 102 Å². The van der Waals surface area contributed by atoms with E-state index in [2.05, 4.69) is 13.2 Å². The third-order valence-corrected chi connectivity index (χ3v) is 3.26. The highest BCUT2D eigenvalue weighted by Crippen LogP contribution is 2.36. The van der Waals surface area contributed by atoms with Gasteiger partial charge in [-0.05, 0) is 49.5 Å². The predicted octanol–water partition coefficient (Wildman–Crippen LogP) is 4.67. The first-order valence-corrected chi connectivity index (χ1v) is 5.87. The van der Waals surface area contributed by atoms with E-state index in [9.17, 15) is 4.39 Å². The summed E-state index contributed by atoms with van der Waals surface area (Å²) in [5, 5.41) is 0. The van der Waals surface area contributed by atoms with Crippen molar-refractivity contribution >= 4 is 6.08 Å². The minimum Gasteiger partial charge on any atom is -0.206 e. The molecule has 1 unspecified atom stereocenters. The zero-order chi connectivity index (χ0) is 12.4. The fourth-order valence-electron chi connectivity index (χ4n) is 2.24. The minimum absolute atomic E-state index is 0.169. The summed E-state index contributed by atoms with van der Waals surface area (Å²) < 4.78 is 13.6. The molecule has 0 N–H and O–H groups in total. The highest BCUT2D eigenvalue weighted by molar-refractivity contribution is 5.60. The van der Waals surface area contributed by atoms with Crippen LogP contribution in [0.3, 0.4) is 0 Å². The van der Waals surface area contributed by atoms with Gasteiger partial charge in [-0.1, -0.05) is 29.9 Å². The number of allylic oxidation sites excluding steroid dienone is 3. The molecule has 88 valence electrons. The quantitative estimate of drug-likeness (QED) is 0.645. The van der Waals surface area contributed by atoms with E-state index in [-0.39, 0.29) is 5.82 Å². The molecule has 0 heterocycles. The van der Waals surface area contributed by atoms with Gasteiger partial charge in [0.2, 0.25) is 0 Å². The van der Waals surface area contributed by atoms with Gasteiger partial charge >= 0.3 is 0 Å². The van der Waals surface area contributed by atoms with Crippen LogP contribution < -0.4 is 0 Å². The van der Waals surface area contributed by atoms with Crippen molar-refractivity contribution in [1.82, 2.24) is 0 Å². The molecule has 0 amide bonds. The second-order valence-electron chi connectivity index (χ2n) is 4.70. The fraction of sp³-hybridized carbons (Fsp3) is 0.250. The Balaban J connectivity index is 2.33. The smallest absolute Gasteiger partial charge is 0.130 e. The van der Waals surface area contributed by atoms with Crippen LogP contribution in [0.4, 0.5) is 4.39 Å². The third kappa shape index (κ3) is 2.55. The molecule has 1 heteroatoms. The standard InChI is InChI=1S/C16H17F/c1-4-13-8-12(3)14(9-13)10-15-7-11(2)5-6-16(15)17/h4-7,10,13H,1,3,8-9H2,2H3/b14-10+. The average molecular weight is 228 g/mol. The summed E-state index contributed by atoms with van der Waals surface area (Å²) in [5.74, 6) is 0.291. The number of hydrogen-bond donors (Lipinski definition) is 0. The van der Waals surface area contributed by atoms with Gasteiger partial charge < -0.3 is 0 Å². The minimum atomic E-state index is -0.169. The summed E-state index contributed by atoms with van der Waals surface area (Å²) in [6.45, 7) is 9.82. The van der Waals surface area contributed by atoms with Crippen LogP contribution >= 0.6 is 0 Å². The van der Waals surface area contributed by atoms with E-state index >= 15 is 0 Å². The molecule has 1 aliphatic carbocycles. The third-order valence-electron chi connectivity index (χ3n) is 3.26. The van der Waals surface area contributed by atoms with Gasteiger partial charge in [-0.15, -0.1) is 6.58 Å². The van der Waals surface area contributed by atoms with Crippen LogP contribution in [0.2, 0.25) is 0 Å². The maximum absolute atomic E-state index is 13.6. The number of benzene rings is 1. The molecular formula is C16H17F. The van der Waals surface area contributed by atoms with E-state index in [4.69, 9.17) is 0 Å². The molecule has 17 heavy (non-hydrogen) atoms. The largest absolute Gasteiger partial charge is 0.206 e. The molecule has 1 atom stereocenters. The molecule has 0 nitrogen and oxygen atoms in total. The predicted molar refractivity (Wildman–Crippen MR) is 71.2 cm³/mol. The number of aryl methyl sites for hydroxylation is 1. The lowest BCUT2D eigenvalue weighted by atomic mass is 10.0. The highest BCUT2D eigenvalue weighted by Gasteiger charge is 2.20. The summed E-state index contributed by atoms with van der Waals surface area (Å²) in [4.78, 5) is 0. The van der Waals surface area contributed by atoms with E-state index in [1.165, 1.54) is 6.07 Å². The molecule has 1 aromatic carbocycles. The molecule has 1 fully saturated rings. The molecule has 0 saturated heterocycles. The molecule has 0 bridgehead atoms. The Bertz CT molecular complexity index is 494. The van der Waals surface area contributed by atoms with Gasteiger partial charge in [-0.3, -0.25) is 0 Å². The number of halogens is 1. The van der Waals surface area contributed by atoms with Crippen LogP contribution in [0.25, 0.3) is 6.08 Å². The maximum atomic E-state index is 13.6. The van der Waals surface area contributed by atoms with Gasteiger partial charge in [0.25, 0.3) is 0 Å². The summed E-state index contributed by atoms with van der Waals surface area (Å²) in [5.41, 5.74) is 3.99. The molecule has 0 aliphatic heterocycles. The van der Waals surface area contributed by atoms with Crippen LogP contribution in [0.1, 0.15) is 24.0 Å². The van der Waals surface area contributed by atoms with Crippen molar-refractivity contribution in [3.8, 4) is 0 Å². The lowest BCUT2D eigenvalue weighted by molar-refractivity contribution is 0.624. The average Bonchev–Trinajstić information content (AvgIpc) is 2.65. The molecule has 1 aromatic rings. The van der Waals surface area contributed by atoms with Crippen molar-refractivity contribution in [3.05, 3.63) is 65.5 Å². The Hall–Kier alpha value is -1.63. The first kappa shape index (κ1) is 11.8. The van der Waals surface area contributed by atoms with Crippen molar-refractivity contribution in [3.63, 3.8) is 0 Å². The van der Waals surface area contributed by atoms with E-state index in [1.54, 1.807) is 6.07 Å². The van der Waals surface area contributed by atoms with E-state index in [0.717, 1.165) is 29.6 Å². The number of rotatable bonds is 2. The molecule has 1 aliphatic rings. The number of hydrogen-bond acceptors (Lipinski definition) is 0. The maximum Gasteiger partial charge on any atom is 0.130 e. The van der Waals surface area contributed by atoms with Crippen molar-refractivity contribution in [2.45, 2.75) is 19.8 Å². The van der Waals surface area contributed by atoms with Crippen LogP contribution in [0, 0.1) is 18.7 Å². The Morgan fingerprint density at radius 1 is 1.35 bits per heavy atom. The Morgan fingerprint density at radius 3 is 2.76 bits per heavy atom. The van der Waals surface area contributed by atoms with Crippen molar-refractivity contribution < 1.29 is 4.39 Å². The monoisotopic (exact) mass is 228 g/mol. The zero-order valence-electron chi connectivity index (χ0n) is 10.2. The normalized spacial score (nSPS) is 22.1. The van der Waals surface area contributed by atoms with Gasteiger partial charge in [0.1, 0.15) is 5.82 Å². The highest BCUT2D eigenvalue weighted by atomic mass is 19.1. The van der Waals surface area contributed by atoms with Gasteiger partial charge in [-0.25, -0.2) is 4.39 Å². The van der Waals surface area contributed by atoms with Crippen molar-refractivity contribution in [2.75, 3.05) is 0 Å². The molecule has 2 rings (SSSR count). The molecular weight excluding hydrogens is 211 g/mol. The second-order valence-corrected chi connectivity index (χ2v) is 4.70. The zero-order valence-corrected chi connectivity index (χ0v) is 10.2. The first-order chi connectivity index (χ1) is 8.10. The summed E-state index contributed by atoms with van der Waals surface area (Å²) >= 11 is 0. The van der Waals surface area contributed by atoms with E-state index < -0.39 is 0 Å². The van der Waals surface area contributed by atoms with Gasteiger partial charge in [0.05, 0.1) is 0 Å². The van der Waals surface area contributed by atoms with Gasteiger partial charge in [-0.2, -0.15) is 0 Å². The Kier molecular flexibility index (Phi) is 3.28. The molecule has 0 spiro atoms. The van der Waals surface area contributed by atoms with Crippen molar-refractivity contribution in [2.24, 2.45) is 5.92 Å². The van der Waals surface area contributed by atoms with Crippen LogP contribution in [0.5, 0.6) is 0 Å². The van der Waals surface area contributed by atoms with Crippen LogP contribution in [0.15, 0.2) is 48.6 Å². The Morgan fingerprint density at radius 2 is 2.12 bits per heavy atom. The summed E-state index contributed by atoms with van der Waals surface area (Å²) in [6, 6.07) is 5.18. The van der Waals surface area contributed by atoms with Crippen molar-refractivity contribution in [1.29, 1.82) is 0 Å². The van der Waals surface area contributed by atoms with E-state index in [0.29, 0.717) is 11.5 Å². The summed E-state index contributed by atoms with van der Waals surface area (Å²) in [6.07, 6.45) is 5.76. The molecule has 1 saturated carbocycles. The molecule has 0 radical (unpaired) electrons. The second kappa shape index (κ2) is 4.70. The van der Waals surface area contributed by atoms with Crippen LogP contribution in [-0.4, -0.2) is 0 Å². The summed E-state index contributed by atoms with van der Waals surface area (Å²) in [7, 11) is 0. The van der Waals surface area contributed by atoms with E-state index in [1.807, 2.05) is 25.1 Å².